The molecule has 0 aliphatic carbocycles. The van der Waals surface area contributed by atoms with Gasteiger partial charge < -0.3 is 25.4 Å². The zero-order chi connectivity index (χ0) is 32.2. The lowest BCUT2D eigenvalue weighted by Crippen LogP contribution is -2.53. The average Bonchev–Trinajstić information content (AvgIpc) is 3.74. The number of rotatable bonds is 9. The Morgan fingerprint density at radius 2 is 1.78 bits per heavy atom. The fraction of sp³-hybridized carbons (Fsp3) is 0.297. The Bertz CT molecular complexity index is 1790. The highest BCUT2D eigenvalue weighted by Crippen LogP contribution is 2.34. The highest BCUT2D eigenvalue weighted by Gasteiger charge is 2.33. The molecule has 0 unspecified atom stereocenters. The van der Waals surface area contributed by atoms with Crippen LogP contribution in [0.4, 0.5) is 14.9 Å². The van der Waals surface area contributed by atoms with Crippen molar-refractivity contribution in [2.75, 3.05) is 32.5 Å². The molecule has 2 aromatic heterocycles. The van der Waals surface area contributed by atoms with Crippen LogP contribution in [0.3, 0.4) is 0 Å². The van der Waals surface area contributed by atoms with E-state index in [2.05, 4.69) is 32.7 Å². The van der Waals surface area contributed by atoms with Gasteiger partial charge in [0.25, 0.3) is 0 Å². The largest absolute Gasteiger partial charge is 0.361 e. The third-order valence-electron chi connectivity index (χ3n) is 8.92. The summed E-state index contributed by atoms with van der Waals surface area (Å²) in [5.41, 5.74) is 5.77. The van der Waals surface area contributed by atoms with E-state index in [1.807, 2.05) is 87.2 Å². The number of H-pyrrole nitrogens is 1. The van der Waals surface area contributed by atoms with E-state index in [9.17, 15) is 14.0 Å². The Morgan fingerprint density at radius 1 is 1.02 bits per heavy atom. The minimum Gasteiger partial charge on any atom is -0.361 e. The molecule has 3 heterocycles. The van der Waals surface area contributed by atoms with E-state index >= 15 is 0 Å². The lowest BCUT2D eigenvalue weighted by molar-refractivity contribution is -0.118. The Kier molecular flexibility index (Phi) is 9.51. The lowest BCUT2D eigenvalue weighted by atomic mass is 9.89. The highest BCUT2D eigenvalue weighted by atomic mass is 32.1. The van der Waals surface area contributed by atoms with Crippen molar-refractivity contribution in [2.45, 2.75) is 44.2 Å². The number of halogens is 1. The summed E-state index contributed by atoms with van der Waals surface area (Å²) in [5, 5.41) is 9.39. The first-order chi connectivity index (χ1) is 22.3. The van der Waals surface area contributed by atoms with Gasteiger partial charge in [0.2, 0.25) is 5.91 Å². The smallest absolute Gasteiger partial charge is 0.318 e. The SMILES string of the molecule is C[C@@H](c1c[nH]c2ccccc12)[C@@H](NC(=O)N1CCC(c2ccc(F)cc2)CC1)C(=O)Nc1cc(CN(C)C)ccc1-c1cccs1. The maximum Gasteiger partial charge on any atom is 0.318 e. The Hall–Kier alpha value is -4.47. The first kappa shape index (κ1) is 31.5. The number of carbonyl (C=O) groups excluding carboxylic acids is 2. The van der Waals surface area contributed by atoms with Crippen LogP contribution in [0.15, 0.2) is 90.4 Å². The number of hydrogen-bond donors (Lipinski definition) is 3. The van der Waals surface area contributed by atoms with Crippen molar-refractivity contribution in [1.29, 1.82) is 0 Å². The number of piperidine rings is 1. The van der Waals surface area contributed by atoms with Crippen molar-refractivity contribution in [2.24, 2.45) is 0 Å². The number of aromatic amines is 1. The van der Waals surface area contributed by atoms with Gasteiger partial charge in [-0.15, -0.1) is 11.3 Å². The van der Waals surface area contributed by atoms with Gasteiger partial charge in [-0.05, 0) is 85.3 Å². The number of amides is 3. The molecule has 0 spiro atoms. The van der Waals surface area contributed by atoms with Crippen LogP contribution in [0.5, 0.6) is 0 Å². The molecule has 6 rings (SSSR count). The predicted octanol–water partition coefficient (Wildman–Crippen LogP) is 7.80. The summed E-state index contributed by atoms with van der Waals surface area (Å²) >= 11 is 1.62. The number of anilines is 1. The van der Waals surface area contributed by atoms with E-state index in [0.29, 0.717) is 13.1 Å². The Morgan fingerprint density at radius 3 is 2.50 bits per heavy atom. The van der Waals surface area contributed by atoms with Crippen LogP contribution in [0.2, 0.25) is 0 Å². The molecule has 1 aliphatic heterocycles. The third-order valence-corrected chi connectivity index (χ3v) is 9.83. The van der Waals surface area contributed by atoms with Crippen molar-refractivity contribution in [1.82, 2.24) is 20.1 Å². The van der Waals surface area contributed by atoms with Gasteiger partial charge in [0.05, 0.1) is 0 Å². The van der Waals surface area contributed by atoms with Gasteiger partial charge in [0.15, 0.2) is 0 Å². The van der Waals surface area contributed by atoms with E-state index in [1.165, 1.54) is 12.1 Å². The third kappa shape index (κ3) is 7.00. The van der Waals surface area contributed by atoms with Crippen LogP contribution in [0.25, 0.3) is 21.3 Å². The molecule has 1 fully saturated rings. The molecule has 7 nitrogen and oxygen atoms in total. The van der Waals surface area contributed by atoms with Gasteiger partial charge in [-0.2, -0.15) is 0 Å². The second kappa shape index (κ2) is 13.9. The molecular formula is C37H40FN5O2S. The molecule has 238 valence electrons. The number of benzene rings is 3. The normalized spacial score (nSPS) is 15.2. The molecule has 2 atom stereocenters. The number of urea groups is 1. The molecule has 5 aromatic rings. The molecule has 3 N–H and O–H groups in total. The summed E-state index contributed by atoms with van der Waals surface area (Å²) in [6.07, 6.45) is 3.48. The van der Waals surface area contributed by atoms with Gasteiger partial charge in [-0.1, -0.05) is 55.5 Å². The maximum atomic E-state index is 14.3. The van der Waals surface area contributed by atoms with Crippen LogP contribution in [0.1, 0.15) is 48.3 Å². The number of likely N-dealkylation sites (tertiary alicyclic amines) is 1. The molecule has 1 aliphatic rings. The van der Waals surface area contributed by atoms with Crippen LogP contribution in [0, 0.1) is 5.82 Å². The number of para-hydroxylation sites is 1. The summed E-state index contributed by atoms with van der Waals surface area (Å²) in [5.74, 6) is -0.584. The average molecular weight is 638 g/mol. The zero-order valence-electron chi connectivity index (χ0n) is 26.4. The number of hydrogen-bond acceptors (Lipinski definition) is 4. The minimum atomic E-state index is -0.838. The van der Waals surface area contributed by atoms with Crippen molar-refractivity contribution in [3.63, 3.8) is 0 Å². The van der Waals surface area contributed by atoms with Gasteiger partial charge in [0.1, 0.15) is 11.9 Å². The first-order valence-corrected chi connectivity index (χ1v) is 16.6. The molecule has 9 heteroatoms. The molecular weight excluding hydrogens is 598 g/mol. The predicted molar refractivity (Wildman–Crippen MR) is 185 cm³/mol. The van der Waals surface area contributed by atoms with E-state index in [0.717, 1.165) is 63.1 Å². The lowest BCUT2D eigenvalue weighted by Gasteiger charge is -2.34. The number of nitrogens with zero attached hydrogens (tertiary/aromatic N) is 2. The van der Waals surface area contributed by atoms with E-state index in [1.54, 1.807) is 16.2 Å². The fourth-order valence-electron chi connectivity index (χ4n) is 6.46. The van der Waals surface area contributed by atoms with Gasteiger partial charge in [-0.25, -0.2) is 9.18 Å². The summed E-state index contributed by atoms with van der Waals surface area (Å²) in [6, 6.07) is 23.8. The summed E-state index contributed by atoms with van der Waals surface area (Å²) < 4.78 is 13.5. The number of carbonyl (C=O) groups is 2. The molecule has 46 heavy (non-hydrogen) atoms. The van der Waals surface area contributed by atoms with Crippen LogP contribution >= 0.6 is 11.3 Å². The standard InChI is InChI=1S/C37H40FN5O2S/c1-24(31-22-39-32-8-5-4-7-29(31)32)35(41-37(45)43-18-16-27(17-19-43)26-11-13-28(38)14-12-26)36(44)40-33-21-25(23-42(2)3)10-15-30(33)34-9-6-20-46-34/h4-15,20-22,24,27,35,39H,16-19,23H2,1-3H3,(H,40,44)(H,41,45)/t24-,35+/m0/s1. The molecule has 0 bridgehead atoms. The molecule has 0 radical (unpaired) electrons. The topological polar surface area (TPSA) is 80.5 Å². The molecule has 3 aromatic carbocycles. The van der Waals surface area contributed by atoms with Crippen LogP contribution in [-0.2, 0) is 11.3 Å². The first-order valence-electron chi connectivity index (χ1n) is 15.8. The second-order valence-electron chi connectivity index (χ2n) is 12.4. The quantitative estimate of drug-likeness (QED) is 0.154. The summed E-state index contributed by atoms with van der Waals surface area (Å²) in [7, 11) is 4.03. The Balaban J connectivity index is 1.26. The van der Waals surface area contributed by atoms with Crippen molar-refractivity contribution < 1.29 is 14.0 Å². The molecule has 0 saturated carbocycles. The maximum absolute atomic E-state index is 14.3. The molecule has 1 saturated heterocycles. The van der Waals surface area contributed by atoms with Crippen molar-refractivity contribution >= 4 is 39.9 Å². The number of aromatic nitrogens is 1. The summed E-state index contributed by atoms with van der Waals surface area (Å²) in [4.78, 5) is 36.4. The number of thiophene rings is 1. The van der Waals surface area contributed by atoms with E-state index in [-0.39, 0.29) is 29.6 Å². The number of fused-ring (bicyclic) bond motifs is 1. The zero-order valence-corrected chi connectivity index (χ0v) is 27.2. The van der Waals surface area contributed by atoms with Crippen LogP contribution < -0.4 is 10.6 Å². The molecule has 3 amide bonds. The Labute approximate surface area is 273 Å². The van der Waals surface area contributed by atoms with Crippen molar-refractivity contribution in [3.8, 4) is 10.4 Å². The fourth-order valence-corrected chi connectivity index (χ4v) is 7.22. The van der Waals surface area contributed by atoms with Gasteiger partial charge in [0, 0.05) is 58.8 Å². The van der Waals surface area contributed by atoms with E-state index < -0.39 is 6.04 Å². The number of nitrogens with one attached hydrogen (secondary N) is 3. The minimum absolute atomic E-state index is 0.249. The van der Waals surface area contributed by atoms with Crippen molar-refractivity contribution in [3.05, 3.63) is 113 Å². The van der Waals surface area contributed by atoms with Crippen LogP contribution in [-0.4, -0.2) is 59.9 Å². The van der Waals surface area contributed by atoms with E-state index in [4.69, 9.17) is 0 Å². The highest BCUT2D eigenvalue weighted by molar-refractivity contribution is 7.13. The second-order valence-corrected chi connectivity index (χ2v) is 13.4. The summed E-state index contributed by atoms with van der Waals surface area (Å²) in [6.45, 7) is 3.83. The monoisotopic (exact) mass is 637 g/mol. The van der Waals surface area contributed by atoms with Gasteiger partial charge >= 0.3 is 6.03 Å². The van der Waals surface area contributed by atoms with Gasteiger partial charge in [-0.3, -0.25) is 4.79 Å².